The molecule has 2 aromatic carbocycles. The van der Waals surface area contributed by atoms with Gasteiger partial charge in [0.1, 0.15) is 5.78 Å². The van der Waals surface area contributed by atoms with Crippen molar-refractivity contribution in [3.63, 3.8) is 0 Å². The number of anilines is 1. The molecular weight excluding hydrogens is 356 g/mol. The van der Waals surface area contributed by atoms with Crippen LogP contribution < -0.4 is 5.32 Å². The molecule has 0 spiro atoms. The maximum atomic E-state index is 12.9. The molecule has 2 aliphatic rings. The summed E-state index contributed by atoms with van der Waals surface area (Å²) in [4.78, 5) is 17.6. The van der Waals surface area contributed by atoms with Crippen LogP contribution in [0.2, 0.25) is 0 Å². The van der Waals surface area contributed by atoms with Gasteiger partial charge in [0.25, 0.3) is 0 Å². The zero-order valence-electron chi connectivity index (χ0n) is 15.1. The fraction of sp³-hybridized carbons (Fsp3) is 0.286. The summed E-state index contributed by atoms with van der Waals surface area (Å²) in [6.45, 7) is 2.09. The minimum absolute atomic E-state index is 0.176. The topological polar surface area (TPSA) is 59.8 Å². The van der Waals surface area contributed by atoms with Crippen molar-refractivity contribution in [1.82, 2.24) is 14.8 Å². The number of hydrogen-bond donors (Lipinski definition) is 1. The van der Waals surface area contributed by atoms with Gasteiger partial charge >= 0.3 is 0 Å². The van der Waals surface area contributed by atoms with Crippen LogP contribution in [0.15, 0.2) is 59.4 Å². The number of allylic oxidation sites excluding steroid dienone is 2. The fourth-order valence-electron chi connectivity index (χ4n) is 4.16. The Kier molecular flexibility index (Phi) is 4.01. The van der Waals surface area contributed by atoms with Crippen LogP contribution in [0.5, 0.6) is 0 Å². The second kappa shape index (κ2) is 6.53. The predicted molar refractivity (Wildman–Crippen MR) is 108 cm³/mol. The van der Waals surface area contributed by atoms with E-state index in [0.29, 0.717) is 6.42 Å². The molecule has 0 saturated carbocycles. The van der Waals surface area contributed by atoms with Gasteiger partial charge in [-0.3, -0.25) is 4.79 Å². The number of nitrogens with one attached hydrogen (secondary N) is 1. The molecular formula is C21H20N4OS. The Balaban J connectivity index is 1.75. The quantitative estimate of drug-likeness (QED) is 0.686. The van der Waals surface area contributed by atoms with Crippen LogP contribution in [0.25, 0.3) is 10.8 Å². The zero-order chi connectivity index (χ0) is 18.4. The molecule has 136 valence electrons. The molecule has 3 aromatic rings. The average molecular weight is 376 g/mol. The molecule has 1 aliphatic heterocycles. The highest BCUT2D eigenvalue weighted by atomic mass is 32.2. The van der Waals surface area contributed by atoms with E-state index in [4.69, 9.17) is 5.10 Å². The van der Waals surface area contributed by atoms with E-state index in [1.165, 1.54) is 5.39 Å². The third kappa shape index (κ3) is 2.67. The average Bonchev–Trinajstić information content (AvgIpc) is 3.08. The van der Waals surface area contributed by atoms with E-state index < -0.39 is 0 Å². The number of carbonyl (C=O) groups is 1. The van der Waals surface area contributed by atoms with Gasteiger partial charge in [-0.2, -0.15) is 4.98 Å². The summed E-state index contributed by atoms with van der Waals surface area (Å²) in [5, 5.41) is 11.2. The number of fused-ring (bicyclic) bond motifs is 3. The van der Waals surface area contributed by atoms with Crippen LogP contribution in [0, 0.1) is 5.92 Å². The van der Waals surface area contributed by atoms with Crippen LogP contribution in [-0.4, -0.2) is 26.3 Å². The van der Waals surface area contributed by atoms with E-state index >= 15 is 0 Å². The Morgan fingerprint density at radius 1 is 1.22 bits per heavy atom. The number of nitrogens with zero attached hydrogens (tertiary/aromatic N) is 3. The largest absolute Gasteiger partial charge is 0.328 e. The van der Waals surface area contributed by atoms with Crippen molar-refractivity contribution in [2.75, 3.05) is 11.1 Å². The van der Waals surface area contributed by atoms with Crippen molar-refractivity contribution in [3.8, 4) is 0 Å². The van der Waals surface area contributed by atoms with Crippen LogP contribution >= 0.6 is 11.8 Å². The monoisotopic (exact) mass is 376 g/mol. The van der Waals surface area contributed by atoms with Gasteiger partial charge in [0.15, 0.2) is 0 Å². The van der Waals surface area contributed by atoms with Crippen molar-refractivity contribution in [3.05, 3.63) is 59.8 Å². The maximum absolute atomic E-state index is 12.9. The molecule has 0 fully saturated rings. The number of aromatic nitrogens is 3. The molecule has 0 bridgehead atoms. The van der Waals surface area contributed by atoms with Gasteiger partial charge in [-0.25, -0.2) is 4.68 Å². The van der Waals surface area contributed by atoms with Crippen molar-refractivity contribution in [2.45, 2.75) is 31.0 Å². The number of rotatable bonds is 3. The number of ketones is 1. The standard InChI is InChI=1S/C21H20N4OS/c1-2-27-21-23-20-22-16-11-6-12-17(26)18(16)19(25(20)24-21)15-10-5-8-13-7-3-4-9-14(13)15/h3-5,7-11,18-19H,2,6,12H2,1H3,(H,22,23,24). The number of Topliss-reactive ketones (excluding diaryl/α,β-unsaturated/α-hetero) is 1. The summed E-state index contributed by atoms with van der Waals surface area (Å²) in [6, 6.07) is 14.5. The lowest BCUT2D eigenvalue weighted by Crippen LogP contribution is -2.38. The Labute approximate surface area is 161 Å². The summed E-state index contributed by atoms with van der Waals surface area (Å²) in [5.74, 6) is 1.66. The molecule has 1 aromatic heterocycles. The number of benzene rings is 2. The van der Waals surface area contributed by atoms with Gasteiger partial charge in [0, 0.05) is 12.1 Å². The van der Waals surface area contributed by atoms with Crippen LogP contribution in [-0.2, 0) is 4.79 Å². The Hall–Kier alpha value is -2.60. The molecule has 0 saturated heterocycles. The summed E-state index contributed by atoms with van der Waals surface area (Å²) in [6.07, 6.45) is 3.51. The highest BCUT2D eigenvalue weighted by Crippen LogP contribution is 2.43. The molecule has 2 unspecified atom stereocenters. The number of hydrogen-bond acceptors (Lipinski definition) is 5. The first-order chi connectivity index (χ1) is 13.3. The Bertz CT molecular complexity index is 1070. The molecule has 27 heavy (non-hydrogen) atoms. The highest BCUT2D eigenvalue weighted by molar-refractivity contribution is 7.99. The summed E-state index contributed by atoms with van der Waals surface area (Å²) >= 11 is 1.62. The maximum Gasteiger partial charge on any atom is 0.227 e. The third-order valence-electron chi connectivity index (χ3n) is 5.30. The first kappa shape index (κ1) is 16.6. The van der Waals surface area contributed by atoms with Gasteiger partial charge in [-0.05, 0) is 28.5 Å². The SMILES string of the molecule is CCSc1nc2n(n1)C(c1cccc3ccccc13)C1C(=O)CCC=C1N2. The van der Waals surface area contributed by atoms with Crippen LogP contribution in [0.3, 0.4) is 0 Å². The lowest BCUT2D eigenvalue weighted by atomic mass is 9.79. The molecule has 5 nitrogen and oxygen atoms in total. The molecule has 1 N–H and O–H groups in total. The van der Waals surface area contributed by atoms with Gasteiger partial charge in [0.2, 0.25) is 11.1 Å². The van der Waals surface area contributed by atoms with E-state index in [2.05, 4.69) is 53.6 Å². The molecule has 0 radical (unpaired) electrons. The summed E-state index contributed by atoms with van der Waals surface area (Å²) in [7, 11) is 0. The first-order valence-corrected chi connectivity index (χ1v) is 10.3. The van der Waals surface area contributed by atoms with E-state index in [1.54, 1.807) is 11.8 Å². The summed E-state index contributed by atoms with van der Waals surface area (Å²) in [5.41, 5.74) is 2.09. The fourth-order valence-corrected chi connectivity index (χ4v) is 4.72. The predicted octanol–water partition coefficient (Wildman–Crippen LogP) is 4.42. The molecule has 2 heterocycles. The van der Waals surface area contributed by atoms with Crippen molar-refractivity contribution in [2.24, 2.45) is 5.92 Å². The minimum Gasteiger partial charge on any atom is -0.328 e. The number of carbonyl (C=O) groups excluding carboxylic acids is 1. The van der Waals surface area contributed by atoms with Crippen LogP contribution in [0.4, 0.5) is 5.95 Å². The van der Waals surface area contributed by atoms with E-state index in [-0.39, 0.29) is 17.7 Å². The Morgan fingerprint density at radius 2 is 2.07 bits per heavy atom. The molecule has 6 heteroatoms. The molecule has 5 rings (SSSR count). The second-order valence-corrected chi connectivity index (χ2v) is 8.11. The van der Waals surface area contributed by atoms with Crippen molar-refractivity contribution < 1.29 is 4.79 Å². The minimum atomic E-state index is -0.238. The normalized spacial score (nSPS) is 21.4. The zero-order valence-corrected chi connectivity index (χ0v) is 15.9. The lowest BCUT2D eigenvalue weighted by Gasteiger charge is -2.36. The van der Waals surface area contributed by atoms with Crippen molar-refractivity contribution in [1.29, 1.82) is 0 Å². The first-order valence-electron chi connectivity index (χ1n) is 9.33. The van der Waals surface area contributed by atoms with Gasteiger partial charge in [-0.15, -0.1) is 5.10 Å². The molecule has 0 amide bonds. The highest BCUT2D eigenvalue weighted by Gasteiger charge is 2.42. The summed E-state index contributed by atoms with van der Waals surface area (Å²) < 4.78 is 1.92. The van der Waals surface area contributed by atoms with Crippen LogP contribution in [0.1, 0.15) is 31.4 Å². The van der Waals surface area contributed by atoms with E-state index in [9.17, 15) is 4.79 Å². The Morgan fingerprint density at radius 3 is 2.96 bits per heavy atom. The molecule has 1 aliphatic carbocycles. The van der Waals surface area contributed by atoms with E-state index in [0.717, 1.165) is 39.9 Å². The lowest BCUT2D eigenvalue weighted by molar-refractivity contribution is -0.123. The third-order valence-corrected chi connectivity index (χ3v) is 6.02. The second-order valence-electron chi connectivity index (χ2n) is 6.88. The van der Waals surface area contributed by atoms with Crippen molar-refractivity contribution >= 4 is 34.3 Å². The van der Waals surface area contributed by atoms with E-state index in [1.807, 2.05) is 16.8 Å². The van der Waals surface area contributed by atoms with Gasteiger partial charge in [-0.1, -0.05) is 67.2 Å². The number of thioether (sulfide) groups is 1. The smallest absolute Gasteiger partial charge is 0.227 e. The molecule has 2 atom stereocenters. The van der Waals surface area contributed by atoms with Gasteiger partial charge < -0.3 is 5.32 Å². The van der Waals surface area contributed by atoms with Gasteiger partial charge in [0.05, 0.1) is 12.0 Å².